The van der Waals surface area contributed by atoms with Gasteiger partial charge in [0, 0.05) is 28.6 Å². The van der Waals surface area contributed by atoms with Gasteiger partial charge in [-0.05, 0) is 38.0 Å². The second kappa shape index (κ2) is 5.42. The molecule has 0 saturated heterocycles. The Hall–Kier alpha value is -0.210. The fraction of sp³-hybridized carbons (Fsp3) is 0.538. The van der Waals surface area contributed by atoms with Crippen LogP contribution in [-0.4, -0.2) is 12.6 Å². The first-order valence-electron chi connectivity index (χ1n) is 5.50. The lowest BCUT2D eigenvalue weighted by Gasteiger charge is -2.38. The molecule has 0 aromatic heterocycles. The fourth-order valence-corrected chi connectivity index (χ4v) is 2.17. The van der Waals surface area contributed by atoms with E-state index in [9.17, 15) is 0 Å². The number of rotatable bonds is 4. The smallest absolute Gasteiger partial charge is 0.0426 e. The van der Waals surface area contributed by atoms with E-state index in [1.807, 2.05) is 12.1 Å². The first kappa shape index (κ1) is 13.9. The van der Waals surface area contributed by atoms with E-state index in [0.29, 0.717) is 0 Å². The Bertz CT molecular complexity index is 363. The van der Waals surface area contributed by atoms with Crippen LogP contribution in [0.4, 0.5) is 5.69 Å². The van der Waals surface area contributed by atoms with Gasteiger partial charge in [-0.15, -0.1) is 0 Å². The Morgan fingerprint density at radius 2 is 2.00 bits per heavy atom. The average Bonchev–Trinajstić information content (AvgIpc) is 2.28. The van der Waals surface area contributed by atoms with Crippen LogP contribution in [0.15, 0.2) is 18.2 Å². The monoisotopic (exact) mass is 303 g/mol. The molecule has 0 spiro atoms. The first-order valence-corrected chi connectivity index (χ1v) is 7.00. The van der Waals surface area contributed by atoms with Gasteiger partial charge < -0.3 is 4.90 Å². The number of anilines is 1. The zero-order chi connectivity index (χ0) is 12.3. The number of halogens is 2. The second-order valence-electron chi connectivity index (χ2n) is 4.63. The molecule has 0 N–H and O–H groups in total. The van der Waals surface area contributed by atoms with Crippen LogP contribution in [0.3, 0.4) is 0 Å². The van der Waals surface area contributed by atoms with Crippen LogP contribution in [0.2, 0.25) is 5.02 Å². The highest BCUT2D eigenvalue weighted by molar-refractivity contribution is 9.08. The van der Waals surface area contributed by atoms with Gasteiger partial charge >= 0.3 is 0 Å². The Balaban J connectivity index is 3.16. The SMILES string of the molecule is CCC(C)(C)N(C)c1cc(Cl)ccc1CBr. The molecule has 0 saturated carbocycles. The standard InChI is InChI=1S/C13H19BrClN/c1-5-13(2,3)16(4)12-8-11(15)7-6-10(12)9-14/h6-8H,5,9H2,1-4H3. The minimum absolute atomic E-state index is 0.140. The van der Waals surface area contributed by atoms with Gasteiger partial charge in [-0.3, -0.25) is 0 Å². The fourth-order valence-electron chi connectivity index (χ4n) is 1.53. The van der Waals surface area contributed by atoms with Crippen molar-refractivity contribution in [2.24, 2.45) is 0 Å². The van der Waals surface area contributed by atoms with Gasteiger partial charge in [0.2, 0.25) is 0 Å². The number of hydrogen-bond acceptors (Lipinski definition) is 1. The molecule has 0 unspecified atom stereocenters. The molecular formula is C13H19BrClN. The van der Waals surface area contributed by atoms with Crippen molar-refractivity contribution in [1.29, 1.82) is 0 Å². The van der Waals surface area contributed by atoms with Crippen LogP contribution < -0.4 is 4.90 Å². The van der Waals surface area contributed by atoms with Gasteiger partial charge in [0.05, 0.1) is 0 Å². The summed E-state index contributed by atoms with van der Waals surface area (Å²) in [5.74, 6) is 0. The zero-order valence-electron chi connectivity index (χ0n) is 10.3. The topological polar surface area (TPSA) is 3.24 Å². The lowest BCUT2D eigenvalue weighted by atomic mass is 9.98. The molecule has 0 heterocycles. The summed E-state index contributed by atoms with van der Waals surface area (Å²) in [4.78, 5) is 2.30. The van der Waals surface area contributed by atoms with Crippen LogP contribution in [0, 0.1) is 0 Å². The molecule has 0 bridgehead atoms. The highest BCUT2D eigenvalue weighted by Crippen LogP contribution is 2.31. The van der Waals surface area contributed by atoms with Crippen molar-refractivity contribution in [2.45, 2.75) is 38.1 Å². The highest BCUT2D eigenvalue weighted by atomic mass is 79.9. The van der Waals surface area contributed by atoms with Crippen molar-refractivity contribution >= 4 is 33.2 Å². The molecule has 1 aromatic rings. The molecule has 1 aromatic carbocycles. The maximum Gasteiger partial charge on any atom is 0.0426 e. The van der Waals surface area contributed by atoms with E-state index in [0.717, 1.165) is 16.8 Å². The molecule has 90 valence electrons. The van der Waals surface area contributed by atoms with Crippen molar-refractivity contribution < 1.29 is 0 Å². The maximum atomic E-state index is 6.07. The quantitative estimate of drug-likeness (QED) is 0.718. The molecule has 3 heteroatoms. The predicted molar refractivity (Wildman–Crippen MR) is 76.9 cm³/mol. The van der Waals surface area contributed by atoms with E-state index in [2.05, 4.69) is 54.7 Å². The zero-order valence-corrected chi connectivity index (χ0v) is 12.7. The third-order valence-electron chi connectivity index (χ3n) is 3.33. The molecule has 0 aliphatic heterocycles. The van der Waals surface area contributed by atoms with Gasteiger partial charge in [0.15, 0.2) is 0 Å². The summed E-state index contributed by atoms with van der Waals surface area (Å²) in [6.45, 7) is 6.69. The highest BCUT2D eigenvalue weighted by Gasteiger charge is 2.23. The lowest BCUT2D eigenvalue weighted by molar-refractivity contribution is 0.470. The van der Waals surface area contributed by atoms with Crippen molar-refractivity contribution in [3.63, 3.8) is 0 Å². The second-order valence-corrected chi connectivity index (χ2v) is 5.63. The summed E-state index contributed by atoms with van der Waals surface area (Å²) >= 11 is 9.59. The van der Waals surface area contributed by atoms with Gasteiger partial charge in [0.1, 0.15) is 0 Å². The van der Waals surface area contributed by atoms with Crippen LogP contribution in [0.5, 0.6) is 0 Å². The van der Waals surface area contributed by atoms with E-state index in [4.69, 9.17) is 11.6 Å². The van der Waals surface area contributed by atoms with Crippen LogP contribution in [0.25, 0.3) is 0 Å². The van der Waals surface area contributed by atoms with Gasteiger partial charge in [-0.25, -0.2) is 0 Å². The van der Waals surface area contributed by atoms with Crippen molar-refractivity contribution in [3.05, 3.63) is 28.8 Å². The number of benzene rings is 1. The summed E-state index contributed by atoms with van der Waals surface area (Å²) in [5, 5.41) is 1.64. The molecule has 0 fully saturated rings. The summed E-state index contributed by atoms with van der Waals surface area (Å²) in [6, 6.07) is 6.05. The van der Waals surface area contributed by atoms with E-state index < -0.39 is 0 Å². The Morgan fingerprint density at radius 3 is 2.50 bits per heavy atom. The van der Waals surface area contributed by atoms with E-state index in [-0.39, 0.29) is 5.54 Å². The van der Waals surface area contributed by atoms with Gasteiger partial charge in [-0.1, -0.05) is 40.5 Å². The van der Waals surface area contributed by atoms with Crippen LogP contribution in [-0.2, 0) is 5.33 Å². The summed E-state index contributed by atoms with van der Waals surface area (Å²) < 4.78 is 0. The normalized spacial score (nSPS) is 11.6. The first-order chi connectivity index (χ1) is 7.42. The van der Waals surface area contributed by atoms with Gasteiger partial charge in [-0.2, -0.15) is 0 Å². The average molecular weight is 305 g/mol. The van der Waals surface area contributed by atoms with Crippen molar-refractivity contribution in [1.82, 2.24) is 0 Å². The third-order valence-corrected chi connectivity index (χ3v) is 4.17. The molecule has 1 nitrogen and oxygen atoms in total. The maximum absolute atomic E-state index is 6.07. The molecule has 1 rings (SSSR count). The Kier molecular flexibility index (Phi) is 4.69. The van der Waals surface area contributed by atoms with Crippen LogP contribution in [0.1, 0.15) is 32.8 Å². The summed E-state index contributed by atoms with van der Waals surface area (Å²) in [7, 11) is 2.13. The number of alkyl halides is 1. The molecule has 16 heavy (non-hydrogen) atoms. The lowest BCUT2D eigenvalue weighted by Crippen LogP contribution is -2.41. The molecule has 0 radical (unpaired) electrons. The van der Waals surface area contributed by atoms with E-state index >= 15 is 0 Å². The Labute approximate surface area is 112 Å². The third kappa shape index (κ3) is 2.92. The van der Waals surface area contributed by atoms with Gasteiger partial charge in [0.25, 0.3) is 0 Å². The van der Waals surface area contributed by atoms with E-state index in [1.54, 1.807) is 0 Å². The summed E-state index contributed by atoms with van der Waals surface area (Å²) in [6.07, 6.45) is 1.09. The minimum Gasteiger partial charge on any atom is -0.369 e. The Morgan fingerprint density at radius 1 is 1.38 bits per heavy atom. The minimum atomic E-state index is 0.140. The molecular weight excluding hydrogens is 286 g/mol. The molecule has 0 atom stereocenters. The number of hydrogen-bond donors (Lipinski definition) is 0. The predicted octanol–water partition coefficient (Wildman–Crippen LogP) is 4.86. The van der Waals surface area contributed by atoms with Crippen molar-refractivity contribution in [3.8, 4) is 0 Å². The molecule has 0 aliphatic rings. The largest absolute Gasteiger partial charge is 0.369 e. The molecule has 0 aliphatic carbocycles. The molecule has 0 amide bonds. The number of nitrogens with zero attached hydrogens (tertiary/aromatic N) is 1. The van der Waals surface area contributed by atoms with Crippen molar-refractivity contribution in [2.75, 3.05) is 11.9 Å². The van der Waals surface area contributed by atoms with Crippen LogP contribution >= 0.6 is 27.5 Å². The summed E-state index contributed by atoms with van der Waals surface area (Å²) in [5.41, 5.74) is 2.62. The van der Waals surface area contributed by atoms with E-state index in [1.165, 1.54) is 11.3 Å².